The van der Waals surface area contributed by atoms with E-state index in [4.69, 9.17) is 5.73 Å². The molecule has 0 bridgehead atoms. The van der Waals surface area contributed by atoms with Gasteiger partial charge in [-0.05, 0) is 30.2 Å². The van der Waals surface area contributed by atoms with Gasteiger partial charge in [-0.3, -0.25) is 4.98 Å². The van der Waals surface area contributed by atoms with Gasteiger partial charge in [0.25, 0.3) is 0 Å². The Morgan fingerprint density at radius 3 is 2.50 bits per heavy atom. The summed E-state index contributed by atoms with van der Waals surface area (Å²) in [6.45, 7) is 0. The summed E-state index contributed by atoms with van der Waals surface area (Å²) in [5.41, 5.74) is 7.65. The largest absolute Gasteiger partial charge is 0.327 e. The minimum atomic E-state index is -0.599. The quantitative estimate of drug-likeness (QED) is 0.885. The Morgan fingerprint density at radius 1 is 1.17 bits per heavy atom. The van der Waals surface area contributed by atoms with Crippen LogP contribution in [0, 0.1) is 11.6 Å². The van der Waals surface area contributed by atoms with E-state index < -0.39 is 11.6 Å². The molecule has 1 heterocycles. The fourth-order valence-corrected chi connectivity index (χ4v) is 2.08. The lowest BCUT2D eigenvalue weighted by atomic mass is 10.1. The van der Waals surface area contributed by atoms with Crippen LogP contribution in [0.4, 0.5) is 8.78 Å². The first-order valence-corrected chi connectivity index (χ1v) is 5.82. The zero-order valence-electron chi connectivity index (χ0n) is 9.61. The molecule has 2 aromatic rings. The van der Waals surface area contributed by atoms with Crippen molar-refractivity contribution in [2.24, 2.45) is 5.73 Å². The van der Waals surface area contributed by atoms with Crippen LogP contribution in [0.1, 0.15) is 17.9 Å². The number of benzene rings is 1. The van der Waals surface area contributed by atoms with Crippen molar-refractivity contribution in [1.82, 2.24) is 4.98 Å². The molecule has 2 nitrogen and oxygen atoms in total. The maximum Gasteiger partial charge on any atom is 0.135 e. The second-order valence-corrected chi connectivity index (χ2v) is 4.61. The van der Waals surface area contributed by atoms with Crippen molar-refractivity contribution < 1.29 is 8.78 Å². The Hall–Kier alpha value is -1.81. The summed E-state index contributed by atoms with van der Waals surface area (Å²) in [6, 6.07) is 7.36. The molecule has 18 heavy (non-hydrogen) atoms. The Morgan fingerprint density at radius 2 is 1.94 bits per heavy atom. The van der Waals surface area contributed by atoms with E-state index in [0.29, 0.717) is 17.2 Å². The molecule has 1 aromatic heterocycles. The standard InChI is InChI=1S/C14H12F2N2/c15-9-2-3-10(12(16)5-9)14-4-1-8(7-18-14)11-6-13(11)17/h1-5,7,11,13H,6,17H2/t11-,13+/m1/s1. The maximum atomic E-state index is 13.6. The number of nitrogens with zero attached hydrogens (tertiary/aromatic N) is 1. The minimum Gasteiger partial charge on any atom is -0.327 e. The average Bonchev–Trinajstić information content (AvgIpc) is 3.07. The zero-order chi connectivity index (χ0) is 12.7. The molecule has 2 N–H and O–H groups in total. The van der Waals surface area contributed by atoms with Gasteiger partial charge in [0.05, 0.1) is 5.69 Å². The molecule has 2 atom stereocenters. The molecule has 1 aliphatic rings. The molecule has 1 saturated carbocycles. The SMILES string of the molecule is N[C@H]1C[C@@H]1c1ccc(-c2ccc(F)cc2F)nc1. The first kappa shape index (κ1) is 11.3. The number of rotatable bonds is 2. The number of pyridine rings is 1. The van der Waals surface area contributed by atoms with E-state index in [1.807, 2.05) is 6.07 Å². The highest BCUT2D eigenvalue weighted by atomic mass is 19.1. The van der Waals surface area contributed by atoms with Crippen LogP contribution in [0.15, 0.2) is 36.5 Å². The van der Waals surface area contributed by atoms with E-state index >= 15 is 0 Å². The fraction of sp³-hybridized carbons (Fsp3) is 0.214. The van der Waals surface area contributed by atoms with Gasteiger partial charge in [0.2, 0.25) is 0 Å². The summed E-state index contributed by atoms with van der Waals surface area (Å²) in [7, 11) is 0. The highest BCUT2D eigenvalue weighted by Gasteiger charge is 2.34. The van der Waals surface area contributed by atoms with Crippen molar-refractivity contribution in [2.45, 2.75) is 18.4 Å². The van der Waals surface area contributed by atoms with Gasteiger partial charge < -0.3 is 5.73 Å². The predicted molar refractivity (Wildman–Crippen MR) is 64.9 cm³/mol. The number of aromatic nitrogens is 1. The van der Waals surface area contributed by atoms with Crippen LogP contribution in [0.5, 0.6) is 0 Å². The molecule has 0 aliphatic heterocycles. The lowest BCUT2D eigenvalue weighted by molar-refractivity contribution is 0.585. The van der Waals surface area contributed by atoms with Crippen LogP contribution >= 0.6 is 0 Å². The van der Waals surface area contributed by atoms with Crippen LogP contribution < -0.4 is 5.73 Å². The van der Waals surface area contributed by atoms with E-state index in [0.717, 1.165) is 18.1 Å². The van der Waals surface area contributed by atoms with Gasteiger partial charge >= 0.3 is 0 Å². The number of hydrogen-bond acceptors (Lipinski definition) is 2. The lowest BCUT2D eigenvalue weighted by Crippen LogP contribution is -2.01. The number of hydrogen-bond donors (Lipinski definition) is 1. The van der Waals surface area contributed by atoms with Gasteiger partial charge in [-0.15, -0.1) is 0 Å². The van der Waals surface area contributed by atoms with Crippen LogP contribution in [-0.2, 0) is 0 Å². The van der Waals surface area contributed by atoms with Crippen LogP contribution in [0.2, 0.25) is 0 Å². The van der Waals surface area contributed by atoms with Gasteiger partial charge in [-0.25, -0.2) is 8.78 Å². The van der Waals surface area contributed by atoms with Crippen molar-refractivity contribution >= 4 is 0 Å². The first-order chi connectivity index (χ1) is 8.65. The third-order valence-electron chi connectivity index (χ3n) is 3.26. The van der Waals surface area contributed by atoms with Crippen molar-refractivity contribution in [3.63, 3.8) is 0 Å². The van der Waals surface area contributed by atoms with Gasteiger partial charge in [-0.1, -0.05) is 6.07 Å². The zero-order valence-corrected chi connectivity index (χ0v) is 9.61. The molecule has 1 aliphatic carbocycles. The van der Waals surface area contributed by atoms with E-state index in [2.05, 4.69) is 4.98 Å². The monoisotopic (exact) mass is 246 g/mol. The summed E-state index contributed by atoms with van der Waals surface area (Å²) in [4.78, 5) is 4.22. The van der Waals surface area contributed by atoms with Crippen molar-refractivity contribution in [2.75, 3.05) is 0 Å². The first-order valence-electron chi connectivity index (χ1n) is 5.82. The normalized spacial score (nSPS) is 21.9. The molecule has 4 heteroatoms. The molecule has 1 aromatic carbocycles. The van der Waals surface area contributed by atoms with Gasteiger partial charge in [0, 0.05) is 29.8 Å². The molecule has 0 saturated heterocycles. The van der Waals surface area contributed by atoms with Gasteiger partial charge in [-0.2, -0.15) is 0 Å². The average molecular weight is 246 g/mol. The van der Waals surface area contributed by atoms with Crippen LogP contribution in [0.25, 0.3) is 11.3 Å². The van der Waals surface area contributed by atoms with E-state index in [1.165, 1.54) is 12.1 Å². The van der Waals surface area contributed by atoms with E-state index in [1.54, 1.807) is 12.3 Å². The second kappa shape index (κ2) is 4.14. The summed E-state index contributed by atoms with van der Waals surface area (Å²) in [5.74, 6) is -0.806. The molecule has 0 amide bonds. The summed E-state index contributed by atoms with van der Waals surface area (Å²) in [6.07, 6.45) is 2.70. The fourth-order valence-electron chi connectivity index (χ4n) is 2.08. The van der Waals surface area contributed by atoms with E-state index in [9.17, 15) is 8.78 Å². The van der Waals surface area contributed by atoms with Crippen molar-refractivity contribution in [3.05, 3.63) is 53.7 Å². The minimum absolute atomic E-state index is 0.222. The molecule has 0 radical (unpaired) electrons. The maximum absolute atomic E-state index is 13.6. The van der Waals surface area contributed by atoms with Gasteiger partial charge in [0.15, 0.2) is 0 Å². The van der Waals surface area contributed by atoms with Crippen LogP contribution in [-0.4, -0.2) is 11.0 Å². The highest BCUT2D eigenvalue weighted by Crippen LogP contribution is 2.38. The topological polar surface area (TPSA) is 38.9 Å². The Kier molecular flexibility index (Phi) is 2.59. The Bertz CT molecular complexity index is 581. The Labute approximate surface area is 103 Å². The second-order valence-electron chi connectivity index (χ2n) is 4.61. The third-order valence-corrected chi connectivity index (χ3v) is 3.26. The number of nitrogens with two attached hydrogens (primary N) is 1. The summed E-state index contributed by atoms with van der Waals surface area (Å²) < 4.78 is 26.4. The van der Waals surface area contributed by atoms with Crippen molar-refractivity contribution in [3.8, 4) is 11.3 Å². The molecular formula is C14H12F2N2. The molecule has 3 rings (SSSR count). The highest BCUT2D eigenvalue weighted by molar-refractivity contribution is 5.60. The molecule has 1 fully saturated rings. The number of halogens is 2. The molecule has 0 spiro atoms. The lowest BCUT2D eigenvalue weighted by Gasteiger charge is -2.04. The molecule has 0 unspecified atom stereocenters. The Balaban J connectivity index is 1.92. The van der Waals surface area contributed by atoms with Gasteiger partial charge in [0.1, 0.15) is 11.6 Å². The predicted octanol–water partition coefficient (Wildman–Crippen LogP) is 2.84. The smallest absolute Gasteiger partial charge is 0.135 e. The van der Waals surface area contributed by atoms with Crippen LogP contribution in [0.3, 0.4) is 0 Å². The third kappa shape index (κ3) is 1.99. The molecule has 92 valence electrons. The summed E-state index contributed by atoms with van der Waals surface area (Å²) in [5, 5.41) is 0. The summed E-state index contributed by atoms with van der Waals surface area (Å²) >= 11 is 0. The van der Waals surface area contributed by atoms with Crippen molar-refractivity contribution in [1.29, 1.82) is 0 Å². The molecular weight excluding hydrogens is 234 g/mol. The van der Waals surface area contributed by atoms with E-state index in [-0.39, 0.29) is 6.04 Å².